The number of carbonyl (C=O) groups excluding carboxylic acids is 1. The number of hydrogen-bond acceptors (Lipinski definition) is 5. The molecule has 3 rings (SSSR count). The zero-order valence-electron chi connectivity index (χ0n) is 13.1. The van der Waals surface area contributed by atoms with Crippen molar-refractivity contribution in [3.63, 3.8) is 0 Å². The molecule has 1 fully saturated rings. The van der Waals surface area contributed by atoms with Crippen molar-refractivity contribution in [3.8, 4) is 0 Å². The van der Waals surface area contributed by atoms with Gasteiger partial charge in [0.1, 0.15) is 10.7 Å². The number of halogens is 2. The predicted octanol–water partition coefficient (Wildman–Crippen LogP) is 3.11. The number of benzene rings is 1. The molecule has 0 spiro atoms. The summed E-state index contributed by atoms with van der Waals surface area (Å²) in [6.07, 6.45) is 3.44. The predicted molar refractivity (Wildman–Crippen MR) is 96.8 cm³/mol. The average Bonchev–Trinajstić information content (AvgIpc) is 3.09. The molecule has 1 aromatic carbocycles. The van der Waals surface area contributed by atoms with Gasteiger partial charge in [0.25, 0.3) is 15.9 Å². The van der Waals surface area contributed by atoms with Crippen LogP contribution in [0.25, 0.3) is 0 Å². The van der Waals surface area contributed by atoms with E-state index >= 15 is 0 Å². The fourth-order valence-electron chi connectivity index (χ4n) is 2.57. The number of nitrogens with zero attached hydrogens (tertiary/aromatic N) is 2. The molecular weight excluding hydrogens is 385 g/mol. The molecule has 0 radical (unpaired) electrons. The molecule has 0 unspecified atom stereocenters. The first-order valence-corrected chi connectivity index (χ1v) is 9.84. The summed E-state index contributed by atoms with van der Waals surface area (Å²) < 4.78 is 26.7. The van der Waals surface area contributed by atoms with Crippen LogP contribution >= 0.6 is 23.2 Å². The summed E-state index contributed by atoms with van der Waals surface area (Å²) in [5.41, 5.74) is 0.0243. The minimum Gasteiger partial charge on any atom is -0.357 e. The Kier molecular flexibility index (Phi) is 5.17. The van der Waals surface area contributed by atoms with E-state index in [2.05, 4.69) is 9.88 Å². The van der Waals surface area contributed by atoms with Gasteiger partial charge >= 0.3 is 0 Å². The van der Waals surface area contributed by atoms with E-state index in [1.807, 2.05) is 4.72 Å². The van der Waals surface area contributed by atoms with Crippen LogP contribution in [0.15, 0.2) is 41.4 Å². The maximum Gasteiger partial charge on any atom is 0.266 e. The second-order valence-electron chi connectivity index (χ2n) is 5.61. The fraction of sp³-hybridized carbons (Fsp3) is 0.250. The molecule has 0 aliphatic carbocycles. The molecular formula is C16H15Cl2N3O3S. The van der Waals surface area contributed by atoms with Crippen LogP contribution in [-0.2, 0) is 10.0 Å². The van der Waals surface area contributed by atoms with E-state index in [1.54, 1.807) is 6.07 Å². The second kappa shape index (κ2) is 7.19. The van der Waals surface area contributed by atoms with Crippen molar-refractivity contribution in [1.82, 2.24) is 9.71 Å². The Morgan fingerprint density at radius 2 is 1.84 bits per heavy atom. The van der Waals surface area contributed by atoms with Gasteiger partial charge in [-0.05, 0) is 43.2 Å². The topological polar surface area (TPSA) is 79.4 Å². The van der Waals surface area contributed by atoms with E-state index in [1.165, 1.54) is 30.5 Å². The number of pyridine rings is 1. The van der Waals surface area contributed by atoms with Crippen molar-refractivity contribution in [2.75, 3.05) is 18.0 Å². The summed E-state index contributed by atoms with van der Waals surface area (Å²) in [7, 11) is -4.05. The Morgan fingerprint density at radius 3 is 2.44 bits per heavy atom. The summed E-state index contributed by atoms with van der Waals surface area (Å²) in [6.45, 7) is 1.82. The van der Waals surface area contributed by atoms with Crippen molar-refractivity contribution < 1.29 is 13.2 Å². The number of anilines is 1. The third-order valence-electron chi connectivity index (χ3n) is 3.86. The zero-order valence-corrected chi connectivity index (χ0v) is 15.4. The lowest BCUT2D eigenvalue weighted by Crippen LogP contribution is -2.31. The molecule has 2 heterocycles. The number of carbonyl (C=O) groups is 1. The number of aromatic nitrogens is 1. The van der Waals surface area contributed by atoms with E-state index in [-0.39, 0.29) is 15.5 Å². The van der Waals surface area contributed by atoms with Crippen LogP contribution in [0.2, 0.25) is 10.0 Å². The number of rotatable bonds is 4. The molecule has 0 bridgehead atoms. The van der Waals surface area contributed by atoms with Crippen LogP contribution < -0.4 is 9.62 Å². The van der Waals surface area contributed by atoms with Crippen LogP contribution in [-0.4, -0.2) is 32.4 Å². The second-order valence-corrected chi connectivity index (χ2v) is 8.13. The molecule has 25 heavy (non-hydrogen) atoms. The van der Waals surface area contributed by atoms with E-state index in [0.717, 1.165) is 31.7 Å². The quantitative estimate of drug-likeness (QED) is 0.853. The normalized spacial score (nSPS) is 14.6. The fourth-order valence-corrected chi connectivity index (χ4v) is 3.98. The van der Waals surface area contributed by atoms with Crippen molar-refractivity contribution in [2.24, 2.45) is 0 Å². The van der Waals surface area contributed by atoms with Gasteiger partial charge in [0.15, 0.2) is 0 Å². The lowest BCUT2D eigenvalue weighted by molar-refractivity contribution is 0.0981. The molecule has 2 aromatic rings. The third kappa shape index (κ3) is 4.05. The van der Waals surface area contributed by atoms with Crippen molar-refractivity contribution in [3.05, 3.63) is 52.1 Å². The number of amides is 1. The molecule has 1 N–H and O–H groups in total. The average molecular weight is 400 g/mol. The van der Waals surface area contributed by atoms with Gasteiger partial charge in [-0.1, -0.05) is 23.2 Å². The van der Waals surface area contributed by atoms with Crippen molar-refractivity contribution >= 4 is 45.0 Å². The Balaban J connectivity index is 1.78. The van der Waals surface area contributed by atoms with Gasteiger partial charge in [-0.2, -0.15) is 0 Å². The molecule has 6 nitrogen and oxygen atoms in total. The molecule has 1 amide bonds. The number of hydrogen-bond donors (Lipinski definition) is 1. The van der Waals surface area contributed by atoms with Crippen molar-refractivity contribution in [2.45, 2.75) is 17.7 Å². The summed E-state index contributed by atoms with van der Waals surface area (Å²) in [6, 6.07) is 7.27. The lowest BCUT2D eigenvalue weighted by Gasteiger charge is -2.16. The van der Waals surface area contributed by atoms with Crippen molar-refractivity contribution in [1.29, 1.82) is 0 Å². The Bertz CT molecular complexity index is 895. The molecule has 0 atom stereocenters. The van der Waals surface area contributed by atoms with E-state index < -0.39 is 15.9 Å². The highest BCUT2D eigenvalue weighted by atomic mass is 35.5. The highest BCUT2D eigenvalue weighted by molar-refractivity contribution is 7.90. The minimum atomic E-state index is -4.05. The van der Waals surface area contributed by atoms with E-state index in [9.17, 15) is 13.2 Å². The third-order valence-corrected chi connectivity index (χ3v) is 5.73. The standard InChI is InChI=1S/C16H15Cl2N3O3S/c17-11-3-5-13(14(18)9-11)16(22)20-25(23,24)12-4-6-15(19-10-12)21-7-1-2-8-21/h3-6,9-10H,1-2,7-8H2,(H,20,22). The molecule has 9 heteroatoms. The zero-order chi connectivity index (χ0) is 18.0. The van der Waals surface area contributed by atoms with Crippen LogP contribution in [0, 0.1) is 0 Å². The molecule has 0 saturated carbocycles. The first kappa shape index (κ1) is 18.0. The maximum atomic E-state index is 12.4. The maximum absolute atomic E-state index is 12.4. The van der Waals surface area contributed by atoms with Crippen LogP contribution in [0.4, 0.5) is 5.82 Å². The lowest BCUT2D eigenvalue weighted by atomic mass is 10.2. The van der Waals surface area contributed by atoms with Gasteiger partial charge in [0, 0.05) is 24.3 Å². The number of sulfonamides is 1. The molecule has 1 aliphatic rings. The highest BCUT2D eigenvalue weighted by Crippen LogP contribution is 2.22. The summed E-state index contributed by atoms with van der Waals surface area (Å²) in [5, 5.41) is 0.425. The number of nitrogens with one attached hydrogen (secondary N) is 1. The highest BCUT2D eigenvalue weighted by Gasteiger charge is 2.22. The molecule has 1 saturated heterocycles. The van der Waals surface area contributed by atoms with Crippen LogP contribution in [0.5, 0.6) is 0 Å². The van der Waals surface area contributed by atoms with E-state index in [0.29, 0.717) is 5.02 Å². The van der Waals surface area contributed by atoms with Gasteiger partial charge in [-0.3, -0.25) is 4.79 Å². The largest absolute Gasteiger partial charge is 0.357 e. The summed E-state index contributed by atoms with van der Waals surface area (Å²) in [5.74, 6) is -0.103. The Labute approximate surface area is 155 Å². The molecule has 132 valence electrons. The Morgan fingerprint density at radius 1 is 1.12 bits per heavy atom. The van der Waals surface area contributed by atoms with Gasteiger partial charge in [-0.15, -0.1) is 0 Å². The molecule has 1 aromatic heterocycles. The van der Waals surface area contributed by atoms with Gasteiger partial charge in [0.2, 0.25) is 0 Å². The van der Waals surface area contributed by atoms with Gasteiger partial charge in [0.05, 0.1) is 10.6 Å². The summed E-state index contributed by atoms with van der Waals surface area (Å²) >= 11 is 11.7. The minimum absolute atomic E-state index is 0.0243. The molecule has 1 aliphatic heterocycles. The smallest absolute Gasteiger partial charge is 0.266 e. The monoisotopic (exact) mass is 399 g/mol. The summed E-state index contributed by atoms with van der Waals surface area (Å²) in [4.78, 5) is 18.4. The van der Waals surface area contributed by atoms with Gasteiger partial charge < -0.3 is 4.90 Å². The van der Waals surface area contributed by atoms with E-state index in [4.69, 9.17) is 23.2 Å². The first-order valence-electron chi connectivity index (χ1n) is 7.60. The van der Waals surface area contributed by atoms with Gasteiger partial charge in [-0.25, -0.2) is 18.1 Å². The van der Waals surface area contributed by atoms with Crippen LogP contribution in [0.1, 0.15) is 23.2 Å². The first-order chi connectivity index (χ1) is 11.9. The Hall–Kier alpha value is -1.83. The van der Waals surface area contributed by atoms with Crippen LogP contribution in [0.3, 0.4) is 0 Å². The SMILES string of the molecule is O=C(NS(=O)(=O)c1ccc(N2CCCC2)nc1)c1ccc(Cl)cc1Cl.